The van der Waals surface area contributed by atoms with Crippen LogP contribution in [0.1, 0.15) is 32.8 Å². The molecule has 0 saturated heterocycles. The van der Waals surface area contributed by atoms with Gasteiger partial charge in [-0.1, -0.05) is 43.3 Å². The van der Waals surface area contributed by atoms with Crippen molar-refractivity contribution in [2.45, 2.75) is 39.8 Å². The molecular formula is C24H29FN4O2. The molecule has 7 heteroatoms. The number of nitrogens with one attached hydrogen (secondary N) is 1. The Labute approximate surface area is 182 Å². The van der Waals surface area contributed by atoms with E-state index in [1.165, 1.54) is 12.1 Å². The predicted molar refractivity (Wildman–Crippen MR) is 119 cm³/mol. The van der Waals surface area contributed by atoms with E-state index in [2.05, 4.69) is 10.4 Å². The van der Waals surface area contributed by atoms with Crippen LogP contribution in [0.2, 0.25) is 0 Å². The van der Waals surface area contributed by atoms with E-state index in [1.54, 1.807) is 28.8 Å². The Balaban J connectivity index is 2.04. The minimum atomic E-state index is -0.381. The van der Waals surface area contributed by atoms with Crippen LogP contribution in [0.4, 0.5) is 9.18 Å². The first-order valence-corrected chi connectivity index (χ1v) is 10.5. The van der Waals surface area contributed by atoms with Gasteiger partial charge in [0.2, 0.25) is 5.88 Å². The summed E-state index contributed by atoms with van der Waals surface area (Å²) in [7, 11) is 1.78. The SMILES string of the molecule is CCCN(Cc1c(-c2ccccc2)nn(C)c1Oc1cccc(F)c1)C(=O)NC(C)C. The maximum absolute atomic E-state index is 13.7. The Morgan fingerprint density at radius 3 is 2.58 bits per heavy atom. The van der Waals surface area contributed by atoms with Gasteiger partial charge in [0.05, 0.1) is 12.1 Å². The summed E-state index contributed by atoms with van der Waals surface area (Å²) in [5.41, 5.74) is 2.42. The quantitative estimate of drug-likeness (QED) is 0.530. The summed E-state index contributed by atoms with van der Waals surface area (Å²) in [5.74, 6) is 0.467. The van der Waals surface area contributed by atoms with Gasteiger partial charge in [-0.25, -0.2) is 13.9 Å². The number of carbonyl (C=O) groups excluding carboxylic acids is 1. The zero-order valence-corrected chi connectivity index (χ0v) is 18.4. The Morgan fingerprint density at radius 1 is 1.19 bits per heavy atom. The molecule has 3 rings (SSSR count). The fourth-order valence-electron chi connectivity index (χ4n) is 3.34. The second kappa shape index (κ2) is 10.1. The van der Waals surface area contributed by atoms with Crippen molar-refractivity contribution in [2.24, 2.45) is 7.05 Å². The van der Waals surface area contributed by atoms with Gasteiger partial charge in [0.1, 0.15) is 17.3 Å². The standard InChI is InChI=1S/C24H29FN4O2/c1-5-14-29(24(30)26-17(2)3)16-21-22(18-10-7-6-8-11-18)27-28(4)23(21)31-20-13-9-12-19(25)15-20/h6-13,15,17H,5,14,16H2,1-4H3,(H,26,30). The molecule has 0 fully saturated rings. The lowest BCUT2D eigenvalue weighted by molar-refractivity contribution is 0.192. The molecule has 2 aromatic carbocycles. The third kappa shape index (κ3) is 5.63. The molecular weight excluding hydrogens is 395 g/mol. The number of carbonyl (C=O) groups is 1. The van der Waals surface area contributed by atoms with E-state index >= 15 is 0 Å². The molecule has 0 saturated carbocycles. The highest BCUT2D eigenvalue weighted by Gasteiger charge is 2.24. The number of urea groups is 1. The third-order valence-corrected chi connectivity index (χ3v) is 4.69. The van der Waals surface area contributed by atoms with Crippen molar-refractivity contribution in [3.63, 3.8) is 0 Å². The van der Waals surface area contributed by atoms with E-state index in [4.69, 9.17) is 4.74 Å². The van der Waals surface area contributed by atoms with Gasteiger partial charge in [0.15, 0.2) is 0 Å². The highest BCUT2D eigenvalue weighted by molar-refractivity contribution is 5.75. The first-order chi connectivity index (χ1) is 14.9. The highest BCUT2D eigenvalue weighted by atomic mass is 19.1. The molecule has 1 aromatic heterocycles. The molecule has 1 N–H and O–H groups in total. The fraction of sp³-hybridized carbons (Fsp3) is 0.333. The van der Waals surface area contributed by atoms with Crippen molar-refractivity contribution in [2.75, 3.05) is 6.54 Å². The van der Waals surface area contributed by atoms with Crippen LogP contribution in [0.5, 0.6) is 11.6 Å². The summed E-state index contributed by atoms with van der Waals surface area (Å²) in [6.07, 6.45) is 0.812. The van der Waals surface area contributed by atoms with Gasteiger partial charge in [-0.05, 0) is 32.4 Å². The maximum atomic E-state index is 13.7. The van der Waals surface area contributed by atoms with Crippen molar-refractivity contribution in [1.82, 2.24) is 20.0 Å². The maximum Gasteiger partial charge on any atom is 0.317 e. The smallest absolute Gasteiger partial charge is 0.317 e. The van der Waals surface area contributed by atoms with E-state index in [0.717, 1.165) is 23.2 Å². The molecule has 6 nitrogen and oxygen atoms in total. The van der Waals surface area contributed by atoms with Gasteiger partial charge in [-0.3, -0.25) is 0 Å². The molecule has 3 aromatic rings. The molecule has 0 bridgehead atoms. The molecule has 0 spiro atoms. The van der Waals surface area contributed by atoms with Gasteiger partial charge in [-0.2, -0.15) is 5.10 Å². The van der Waals surface area contributed by atoms with Crippen LogP contribution in [0.3, 0.4) is 0 Å². The minimum Gasteiger partial charge on any atom is -0.439 e. The number of aryl methyl sites for hydroxylation is 1. The molecule has 2 amide bonds. The summed E-state index contributed by atoms with van der Waals surface area (Å²) in [6, 6.07) is 15.6. The van der Waals surface area contributed by atoms with Crippen LogP contribution in [0, 0.1) is 5.82 Å². The van der Waals surface area contributed by atoms with Gasteiger partial charge in [0, 0.05) is 31.3 Å². The monoisotopic (exact) mass is 424 g/mol. The number of hydrogen-bond donors (Lipinski definition) is 1. The van der Waals surface area contributed by atoms with Crippen molar-refractivity contribution in [1.29, 1.82) is 0 Å². The molecule has 0 aliphatic heterocycles. The second-order valence-corrected chi connectivity index (χ2v) is 7.71. The van der Waals surface area contributed by atoms with E-state index in [9.17, 15) is 9.18 Å². The summed E-state index contributed by atoms with van der Waals surface area (Å²) in [5, 5.41) is 7.63. The van der Waals surface area contributed by atoms with Crippen LogP contribution in [-0.4, -0.2) is 33.3 Å². The number of ether oxygens (including phenoxy) is 1. The van der Waals surface area contributed by atoms with Crippen LogP contribution >= 0.6 is 0 Å². The van der Waals surface area contributed by atoms with Gasteiger partial charge < -0.3 is 15.0 Å². The molecule has 1 heterocycles. The molecule has 0 aliphatic carbocycles. The van der Waals surface area contributed by atoms with Crippen LogP contribution in [0.15, 0.2) is 54.6 Å². The van der Waals surface area contributed by atoms with Gasteiger partial charge in [0.25, 0.3) is 0 Å². The Kier molecular flexibility index (Phi) is 7.28. The first-order valence-electron chi connectivity index (χ1n) is 10.5. The number of hydrogen-bond acceptors (Lipinski definition) is 3. The molecule has 0 radical (unpaired) electrons. The predicted octanol–water partition coefficient (Wildman–Crippen LogP) is 5.35. The lowest BCUT2D eigenvalue weighted by atomic mass is 10.1. The number of aromatic nitrogens is 2. The lowest BCUT2D eigenvalue weighted by Crippen LogP contribution is -2.43. The van der Waals surface area contributed by atoms with Crippen molar-refractivity contribution in [3.05, 3.63) is 66.0 Å². The summed E-state index contributed by atoms with van der Waals surface area (Å²) >= 11 is 0. The average Bonchev–Trinajstić information content (AvgIpc) is 3.03. The van der Waals surface area contributed by atoms with Crippen LogP contribution < -0.4 is 10.1 Å². The number of halogens is 1. The zero-order valence-electron chi connectivity index (χ0n) is 18.4. The Morgan fingerprint density at radius 2 is 1.94 bits per heavy atom. The molecule has 0 aliphatic rings. The average molecular weight is 425 g/mol. The number of benzene rings is 2. The van der Waals surface area contributed by atoms with Gasteiger partial charge in [-0.15, -0.1) is 0 Å². The summed E-state index contributed by atoms with van der Waals surface area (Å²) in [4.78, 5) is 14.6. The van der Waals surface area contributed by atoms with E-state index in [1.807, 2.05) is 51.1 Å². The topological polar surface area (TPSA) is 59.4 Å². The first kappa shape index (κ1) is 22.3. The van der Waals surface area contributed by atoms with Crippen LogP contribution in [-0.2, 0) is 13.6 Å². The van der Waals surface area contributed by atoms with E-state index < -0.39 is 0 Å². The van der Waals surface area contributed by atoms with Crippen molar-refractivity contribution < 1.29 is 13.9 Å². The number of rotatable bonds is 8. The molecule has 164 valence electrons. The van der Waals surface area contributed by atoms with E-state index in [0.29, 0.717) is 24.7 Å². The molecule has 0 unspecified atom stereocenters. The largest absolute Gasteiger partial charge is 0.439 e. The fourth-order valence-corrected chi connectivity index (χ4v) is 3.34. The number of nitrogens with zero attached hydrogens (tertiary/aromatic N) is 3. The van der Waals surface area contributed by atoms with Crippen LogP contribution in [0.25, 0.3) is 11.3 Å². The summed E-state index contributed by atoms with van der Waals surface area (Å²) < 4.78 is 21.4. The highest BCUT2D eigenvalue weighted by Crippen LogP contribution is 2.34. The van der Waals surface area contributed by atoms with Crippen molar-refractivity contribution >= 4 is 6.03 Å². The summed E-state index contributed by atoms with van der Waals surface area (Å²) in [6.45, 7) is 6.79. The molecule has 31 heavy (non-hydrogen) atoms. The minimum absolute atomic E-state index is 0.0253. The Hall–Kier alpha value is -3.35. The normalized spacial score (nSPS) is 10.9. The number of amides is 2. The Bertz CT molecular complexity index is 1020. The van der Waals surface area contributed by atoms with E-state index in [-0.39, 0.29) is 17.9 Å². The van der Waals surface area contributed by atoms with Gasteiger partial charge >= 0.3 is 6.03 Å². The molecule has 0 atom stereocenters. The third-order valence-electron chi connectivity index (χ3n) is 4.69. The lowest BCUT2D eigenvalue weighted by Gasteiger charge is -2.24. The second-order valence-electron chi connectivity index (χ2n) is 7.71. The van der Waals surface area contributed by atoms with Crippen molar-refractivity contribution in [3.8, 4) is 22.9 Å². The zero-order chi connectivity index (χ0) is 22.4.